The molecule has 0 amide bonds. The number of halogens is 2. The summed E-state index contributed by atoms with van der Waals surface area (Å²) in [7, 11) is 0. The average molecular weight is 308 g/mol. The van der Waals surface area contributed by atoms with E-state index in [4.69, 9.17) is 0 Å². The van der Waals surface area contributed by atoms with Crippen molar-refractivity contribution >= 4 is 31.9 Å². The smallest absolute Gasteiger partial charge is 0.0279 e. The van der Waals surface area contributed by atoms with Gasteiger partial charge >= 0.3 is 0 Å². The van der Waals surface area contributed by atoms with Gasteiger partial charge in [-0.15, -0.1) is 0 Å². The van der Waals surface area contributed by atoms with E-state index in [2.05, 4.69) is 38.8 Å². The fourth-order valence-corrected chi connectivity index (χ4v) is 8.39. The lowest BCUT2D eigenvalue weighted by atomic mass is 9.50. The maximum absolute atomic E-state index is 4.00. The molecule has 4 aliphatic rings. The highest BCUT2D eigenvalue weighted by atomic mass is 79.9. The fraction of sp³-hybridized carbons (Fsp3) is 1.00. The van der Waals surface area contributed by atoms with Crippen LogP contribution in [0, 0.1) is 11.3 Å². The van der Waals surface area contributed by atoms with Crippen molar-refractivity contribution in [1.29, 1.82) is 0 Å². The average Bonchev–Trinajstić information content (AvgIpc) is 1.71. The molecule has 2 heteroatoms. The molecule has 0 aromatic carbocycles. The Morgan fingerprint density at radius 3 is 1.85 bits per heavy atom. The van der Waals surface area contributed by atoms with E-state index < -0.39 is 0 Å². The molecule has 2 atom stereocenters. The summed E-state index contributed by atoms with van der Waals surface area (Å²) in [6.45, 7) is 2.49. The van der Waals surface area contributed by atoms with E-state index >= 15 is 0 Å². The first-order valence-electron chi connectivity index (χ1n) is 5.28. The zero-order chi connectivity index (χ0) is 9.32. The Kier molecular flexibility index (Phi) is 1.68. The van der Waals surface area contributed by atoms with Crippen LogP contribution in [0.4, 0.5) is 0 Å². The summed E-state index contributed by atoms with van der Waals surface area (Å²) in [5.74, 6) is 0.986. The van der Waals surface area contributed by atoms with Crippen LogP contribution < -0.4 is 0 Å². The number of rotatable bonds is 0. The molecule has 0 spiro atoms. The second kappa shape index (κ2) is 2.37. The molecule has 0 aromatic heterocycles. The van der Waals surface area contributed by atoms with E-state index in [1.54, 1.807) is 0 Å². The molecule has 13 heavy (non-hydrogen) atoms. The van der Waals surface area contributed by atoms with Crippen molar-refractivity contribution in [2.75, 3.05) is 0 Å². The lowest BCUT2D eigenvalue weighted by Crippen LogP contribution is -2.57. The number of hydrogen-bond donors (Lipinski definition) is 0. The minimum absolute atomic E-state index is 0.491. The molecule has 0 radical (unpaired) electrons. The molecular formula is C11H16Br2. The van der Waals surface area contributed by atoms with Gasteiger partial charge in [-0.05, 0) is 49.9 Å². The van der Waals surface area contributed by atoms with Crippen LogP contribution in [0.2, 0.25) is 0 Å². The van der Waals surface area contributed by atoms with Gasteiger partial charge in [0.15, 0.2) is 0 Å². The van der Waals surface area contributed by atoms with Crippen LogP contribution in [0.3, 0.4) is 0 Å². The van der Waals surface area contributed by atoms with Gasteiger partial charge in [-0.1, -0.05) is 38.8 Å². The van der Waals surface area contributed by atoms with Gasteiger partial charge in [0.2, 0.25) is 0 Å². The van der Waals surface area contributed by atoms with E-state index in [1.807, 2.05) is 0 Å². The summed E-state index contributed by atoms with van der Waals surface area (Å²) in [6.07, 6.45) is 8.50. The number of hydrogen-bond acceptors (Lipinski definition) is 0. The highest BCUT2D eigenvalue weighted by molar-refractivity contribution is 9.10. The van der Waals surface area contributed by atoms with Crippen LogP contribution in [0.15, 0.2) is 0 Å². The molecule has 0 nitrogen and oxygen atoms in total. The lowest BCUT2D eigenvalue weighted by molar-refractivity contribution is -0.00373. The molecule has 0 N–H and O–H groups in total. The predicted molar refractivity (Wildman–Crippen MR) is 62.6 cm³/mol. The SMILES string of the molecule is CC12CC3CC(Br)(C1)CC(Br)(C3)C2. The lowest BCUT2D eigenvalue weighted by Gasteiger charge is -2.62. The van der Waals surface area contributed by atoms with Crippen molar-refractivity contribution in [1.82, 2.24) is 0 Å². The van der Waals surface area contributed by atoms with Gasteiger partial charge in [0.25, 0.3) is 0 Å². The van der Waals surface area contributed by atoms with Crippen molar-refractivity contribution in [2.24, 2.45) is 11.3 Å². The molecule has 2 unspecified atom stereocenters. The summed E-state index contributed by atoms with van der Waals surface area (Å²) in [5, 5.41) is 0. The third-order valence-corrected chi connectivity index (χ3v) is 5.98. The molecule has 0 saturated heterocycles. The van der Waals surface area contributed by atoms with Gasteiger partial charge in [-0.2, -0.15) is 0 Å². The second-order valence-corrected chi connectivity index (χ2v) is 9.49. The van der Waals surface area contributed by atoms with Crippen LogP contribution in [0.5, 0.6) is 0 Å². The monoisotopic (exact) mass is 306 g/mol. The van der Waals surface area contributed by atoms with E-state index in [-0.39, 0.29) is 0 Å². The Hall–Kier alpha value is 0.960. The zero-order valence-corrected chi connectivity index (χ0v) is 11.2. The molecule has 4 fully saturated rings. The van der Waals surface area contributed by atoms with Crippen molar-refractivity contribution in [2.45, 2.75) is 54.1 Å². The quantitative estimate of drug-likeness (QED) is 0.587. The van der Waals surface area contributed by atoms with Gasteiger partial charge in [-0.25, -0.2) is 0 Å². The summed E-state index contributed by atoms with van der Waals surface area (Å²) in [4.78, 5) is 0. The van der Waals surface area contributed by atoms with E-state index in [0.29, 0.717) is 14.1 Å². The van der Waals surface area contributed by atoms with E-state index in [0.717, 1.165) is 5.92 Å². The highest BCUT2D eigenvalue weighted by Gasteiger charge is 2.60. The molecule has 4 rings (SSSR count). The van der Waals surface area contributed by atoms with Crippen LogP contribution in [0.25, 0.3) is 0 Å². The fourth-order valence-electron chi connectivity index (χ4n) is 4.67. The van der Waals surface area contributed by atoms with Crippen LogP contribution in [-0.2, 0) is 0 Å². The largest absolute Gasteiger partial charge is 0.0852 e. The molecule has 0 heterocycles. The highest BCUT2D eigenvalue weighted by Crippen LogP contribution is 2.67. The predicted octanol–water partition coefficient (Wildman–Crippen LogP) is 4.26. The topological polar surface area (TPSA) is 0 Å². The molecule has 0 aromatic rings. The van der Waals surface area contributed by atoms with Gasteiger partial charge in [-0.3, -0.25) is 0 Å². The number of alkyl halides is 2. The van der Waals surface area contributed by atoms with Crippen LogP contribution in [-0.4, -0.2) is 8.65 Å². The molecule has 4 aliphatic carbocycles. The Labute approximate surface area is 97.1 Å². The first kappa shape index (κ1) is 9.21. The minimum atomic E-state index is 0.491. The van der Waals surface area contributed by atoms with Gasteiger partial charge in [0.1, 0.15) is 0 Å². The standard InChI is InChI=1S/C11H16Br2/c1-9-2-8-3-10(12,5-9)7-11(13,4-8)6-9/h8H,2-7H2,1H3. The first-order valence-corrected chi connectivity index (χ1v) is 6.87. The molecule has 0 aliphatic heterocycles. The van der Waals surface area contributed by atoms with Gasteiger partial charge < -0.3 is 0 Å². The Balaban J connectivity index is 2.03. The van der Waals surface area contributed by atoms with Crippen molar-refractivity contribution < 1.29 is 0 Å². The Morgan fingerprint density at radius 1 is 0.923 bits per heavy atom. The Bertz CT molecular complexity index is 210. The first-order chi connectivity index (χ1) is 5.91. The minimum Gasteiger partial charge on any atom is -0.0852 e. The summed E-state index contributed by atoms with van der Waals surface area (Å²) < 4.78 is 0.981. The third-order valence-electron chi connectivity index (χ3n) is 4.21. The van der Waals surface area contributed by atoms with Crippen molar-refractivity contribution in [3.05, 3.63) is 0 Å². The second-order valence-electron chi connectivity index (χ2n) is 6.12. The molecular weight excluding hydrogens is 292 g/mol. The van der Waals surface area contributed by atoms with Crippen molar-refractivity contribution in [3.63, 3.8) is 0 Å². The van der Waals surface area contributed by atoms with E-state index in [1.165, 1.54) is 38.5 Å². The zero-order valence-electron chi connectivity index (χ0n) is 8.08. The third kappa shape index (κ3) is 1.35. The molecule has 4 bridgehead atoms. The van der Waals surface area contributed by atoms with Crippen LogP contribution in [0.1, 0.15) is 45.4 Å². The maximum Gasteiger partial charge on any atom is 0.0279 e. The van der Waals surface area contributed by atoms with E-state index in [9.17, 15) is 0 Å². The van der Waals surface area contributed by atoms with Crippen molar-refractivity contribution in [3.8, 4) is 0 Å². The van der Waals surface area contributed by atoms with Crippen LogP contribution >= 0.6 is 31.9 Å². The maximum atomic E-state index is 4.00. The van der Waals surface area contributed by atoms with Gasteiger partial charge in [0, 0.05) is 8.65 Å². The normalized spacial score (nSPS) is 64.4. The summed E-state index contributed by atoms with van der Waals surface area (Å²) >= 11 is 8.00. The van der Waals surface area contributed by atoms with Gasteiger partial charge in [0.05, 0.1) is 0 Å². The summed E-state index contributed by atoms with van der Waals surface area (Å²) in [6, 6.07) is 0. The molecule has 4 saturated carbocycles. The molecule has 74 valence electrons. The Morgan fingerprint density at radius 2 is 1.46 bits per heavy atom. The summed E-state index contributed by atoms with van der Waals surface area (Å²) in [5.41, 5.74) is 0.631.